The summed E-state index contributed by atoms with van der Waals surface area (Å²) in [6, 6.07) is 15.6. The standard InChI is InChI=1S/C18H17ClN2O2/c19-14-8-10-15(11-9-14)20-17(22)16-7-4-12-21(16)18(23)13-5-2-1-3-6-13/h1-3,5-6,8-11,16H,4,7,12H2,(H,20,22)/t16-/m1/s1. The van der Waals surface area contributed by atoms with Gasteiger partial charge in [0.05, 0.1) is 0 Å². The lowest BCUT2D eigenvalue weighted by molar-refractivity contribution is -0.119. The Morgan fingerprint density at radius 3 is 2.43 bits per heavy atom. The number of benzene rings is 2. The third kappa shape index (κ3) is 3.54. The quantitative estimate of drug-likeness (QED) is 0.936. The number of amides is 2. The summed E-state index contributed by atoms with van der Waals surface area (Å²) < 4.78 is 0. The molecule has 2 aromatic rings. The lowest BCUT2D eigenvalue weighted by atomic mass is 10.1. The minimum Gasteiger partial charge on any atom is -0.327 e. The van der Waals surface area contributed by atoms with Gasteiger partial charge >= 0.3 is 0 Å². The van der Waals surface area contributed by atoms with Gasteiger partial charge in [-0.2, -0.15) is 0 Å². The van der Waals surface area contributed by atoms with Crippen LogP contribution in [0.3, 0.4) is 0 Å². The Bertz CT molecular complexity index is 701. The van der Waals surface area contributed by atoms with Crippen LogP contribution in [0.2, 0.25) is 5.02 Å². The van der Waals surface area contributed by atoms with Crippen LogP contribution in [0.15, 0.2) is 54.6 Å². The molecule has 118 valence electrons. The van der Waals surface area contributed by atoms with Crippen molar-refractivity contribution in [2.75, 3.05) is 11.9 Å². The summed E-state index contributed by atoms with van der Waals surface area (Å²) in [6.07, 6.45) is 1.51. The fourth-order valence-electron chi connectivity index (χ4n) is 2.79. The minimum atomic E-state index is -0.432. The fraction of sp³-hybridized carbons (Fsp3) is 0.222. The van der Waals surface area contributed by atoms with Gasteiger partial charge in [-0.25, -0.2) is 0 Å². The number of hydrogen-bond donors (Lipinski definition) is 1. The first kappa shape index (κ1) is 15.6. The highest BCUT2D eigenvalue weighted by Crippen LogP contribution is 2.22. The van der Waals surface area contributed by atoms with Crippen LogP contribution in [0.1, 0.15) is 23.2 Å². The Morgan fingerprint density at radius 2 is 1.74 bits per heavy atom. The molecule has 0 spiro atoms. The zero-order valence-electron chi connectivity index (χ0n) is 12.5. The second kappa shape index (κ2) is 6.84. The first-order chi connectivity index (χ1) is 11.1. The second-order valence-corrected chi connectivity index (χ2v) is 5.96. The van der Waals surface area contributed by atoms with E-state index in [4.69, 9.17) is 11.6 Å². The SMILES string of the molecule is O=C(Nc1ccc(Cl)cc1)[C@H]1CCCN1C(=O)c1ccccc1. The molecule has 0 radical (unpaired) electrons. The van der Waals surface area contributed by atoms with E-state index in [1.54, 1.807) is 41.3 Å². The van der Waals surface area contributed by atoms with E-state index in [-0.39, 0.29) is 11.8 Å². The summed E-state index contributed by atoms with van der Waals surface area (Å²) in [6.45, 7) is 0.604. The molecular weight excluding hydrogens is 312 g/mol. The molecule has 0 unspecified atom stereocenters. The van der Waals surface area contributed by atoms with Gasteiger partial charge in [-0.05, 0) is 49.2 Å². The number of hydrogen-bond acceptors (Lipinski definition) is 2. The molecule has 3 rings (SSSR count). The normalized spacial score (nSPS) is 17.1. The molecular formula is C18H17ClN2O2. The molecule has 1 aliphatic rings. The van der Waals surface area contributed by atoms with Crippen molar-refractivity contribution in [1.82, 2.24) is 4.90 Å². The molecule has 1 heterocycles. The Hall–Kier alpha value is -2.33. The predicted octanol–water partition coefficient (Wildman–Crippen LogP) is 3.58. The maximum Gasteiger partial charge on any atom is 0.254 e. The van der Waals surface area contributed by atoms with Crippen molar-refractivity contribution in [1.29, 1.82) is 0 Å². The van der Waals surface area contributed by atoms with E-state index < -0.39 is 6.04 Å². The molecule has 2 amide bonds. The van der Waals surface area contributed by atoms with E-state index in [0.717, 1.165) is 6.42 Å². The molecule has 0 saturated carbocycles. The molecule has 1 saturated heterocycles. The summed E-state index contributed by atoms with van der Waals surface area (Å²) in [7, 11) is 0. The smallest absolute Gasteiger partial charge is 0.254 e. The van der Waals surface area contributed by atoms with E-state index in [1.807, 2.05) is 18.2 Å². The average molecular weight is 329 g/mol. The molecule has 5 heteroatoms. The van der Waals surface area contributed by atoms with Crippen LogP contribution in [0.4, 0.5) is 5.69 Å². The Labute approximate surface area is 140 Å². The number of carbonyl (C=O) groups is 2. The molecule has 2 aromatic carbocycles. The predicted molar refractivity (Wildman–Crippen MR) is 90.6 cm³/mol. The number of likely N-dealkylation sites (tertiary alicyclic amines) is 1. The van der Waals surface area contributed by atoms with Crippen molar-refractivity contribution in [2.24, 2.45) is 0 Å². The van der Waals surface area contributed by atoms with Crippen LogP contribution in [0, 0.1) is 0 Å². The van der Waals surface area contributed by atoms with Crippen LogP contribution in [-0.2, 0) is 4.79 Å². The van der Waals surface area contributed by atoms with Gasteiger partial charge in [0.15, 0.2) is 0 Å². The van der Waals surface area contributed by atoms with Crippen LogP contribution in [0.5, 0.6) is 0 Å². The first-order valence-corrected chi connectivity index (χ1v) is 7.95. The molecule has 1 fully saturated rings. The zero-order valence-corrected chi connectivity index (χ0v) is 13.3. The third-order valence-corrected chi connectivity index (χ3v) is 4.20. The third-order valence-electron chi connectivity index (χ3n) is 3.95. The van der Waals surface area contributed by atoms with E-state index in [2.05, 4.69) is 5.32 Å². The first-order valence-electron chi connectivity index (χ1n) is 7.57. The van der Waals surface area contributed by atoms with Crippen LogP contribution in [0.25, 0.3) is 0 Å². The number of nitrogens with zero attached hydrogens (tertiary/aromatic N) is 1. The van der Waals surface area contributed by atoms with Crippen LogP contribution >= 0.6 is 11.6 Å². The second-order valence-electron chi connectivity index (χ2n) is 5.52. The van der Waals surface area contributed by atoms with E-state index in [9.17, 15) is 9.59 Å². The highest BCUT2D eigenvalue weighted by atomic mass is 35.5. The van der Waals surface area contributed by atoms with Crippen molar-refractivity contribution < 1.29 is 9.59 Å². The monoisotopic (exact) mass is 328 g/mol. The van der Waals surface area contributed by atoms with Crippen molar-refractivity contribution in [3.05, 3.63) is 65.2 Å². The summed E-state index contributed by atoms with van der Waals surface area (Å²) in [5, 5.41) is 3.47. The van der Waals surface area contributed by atoms with Crippen molar-refractivity contribution in [3.8, 4) is 0 Å². The summed E-state index contributed by atoms with van der Waals surface area (Å²) in [5.41, 5.74) is 1.29. The maximum atomic E-state index is 12.6. The molecule has 1 atom stereocenters. The van der Waals surface area contributed by atoms with Gasteiger partial charge in [-0.1, -0.05) is 29.8 Å². The van der Waals surface area contributed by atoms with Gasteiger partial charge in [-0.3, -0.25) is 9.59 Å². The number of rotatable bonds is 3. The molecule has 1 N–H and O–H groups in total. The highest BCUT2D eigenvalue weighted by Gasteiger charge is 2.34. The molecule has 4 nitrogen and oxygen atoms in total. The lowest BCUT2D eigenvalue weighted by Gasteiger charge is -2.24. The zero-order chi connectivity index (χ0) is 16.2. The average Bonchev–Trinajstić information content (AvgIpc) is 3.07. The Balaban J connectivity index is 1.72. The molecule has 1 aliphatic heterocycles. The summed E-state index contributed by atoms with van der Waals surface area (Å²) in [5.74, 6) is -0.256. The topological polar surface area (TPSA) is 49.4 Å². The number of anilines is 1. The van der Waals surface area contributed by atoms with Gasteiger partial charge in [0, 0.05) is 22.8 Å². The maximum absolute atomic E-state index is 12.6. The van der Waals surface area contributed by atoms with E-state index in [1.165, 1.54) is 0 Å². The fourth-order valence-corrected chi connectivity index (χ4v) is 2.91. The van der Waals surface area contributed by atoms with Gasteiger partial charge in [0.25, 0.3) is 5.91 Å². The van der Waals surface area contributed by atoms with Gasteiger partial charge < -0.3 is 10.2 Å². The Kier molecular flexibility index (Phi) is 4.63. The van der Waals surface area contributed by atoms with Gasteiger partial charge in [0.1, 0.15) is 6.04 Å². The Morgan fingerprint density at radius 1 is 1.04 bits per heavy atom. The van der Waals surface area contributed by atoms with Gasteiger partial charge in [0.2, 0.25) is 5.91 Å². The van der Waals surface area contributed by atoms with E-state index >= 15 is 0 Å². The number of carbonyl (C=O) groups excluding carboxylic acids is 2. The molecule has 0 aliphatic carbocycles. The minimum absolute atomic E-state index is 0.0978. The molecule has 23 heavy (non-hydrogen) atoms. The van der Waals surface area contributed by atoms with E-state index in [0.29, 0.717) is 29.2 Å². The summed E-state index contributed by atoms with van der Waals surface area (Å²) in [4.78, 5) is 26.7. The molecule has 0 aromatic heterocycles. The number of halogens is 1. The van der Waals surface area contributed by atoms with Gasteiger partial charge in [-0.15, -0.1) is 0 Å². The van der Waals surface area contributed by atoms with Crippen molar-refractivity contribution in [2.45, 2.75) is 18.9 Å². The molecule has 0 bridgehead atoms. The van der Waals surface area contributed by atoms with Crippen LogP contribution in [-0.4, -0.2) is 29.3 Å². The lowest BCUT2D eigenvalue weighted by Crippen LogP contribution is -2.43. The van der Waals surface area contributed by atoms with Crippen molar-refractivity contribution >= 4 is 29.1 Å². The largest absolute Gasteiger partial charge is 0.327 e. The number of nitrogens with one attached hydrogen (secondary N) is 1. The highest BCUT2D eigenvalue weighted by molar-refractivity contribution is 6.30. The van der Waals surface area contributed by atoms with Crippen LogP contribution < -0.4 is 5.32 Å². The van der Waals surface area contributed by atoms with Crippen molar-refractivity contribution in [3.63, 3.8) is 0 Å². The summed E-state index contributed by atoms with van der Waals surface area (Å²) >= 11 is 5.84.